The van der Waals surface area contributed by atoms with Crippen molar-refractivity contribution < 1.29 is 18.7 Å². The lowest BCUT2D eigenvalue weighted by Gasteiger charge is -2.12. The highest BCUT2D eigenvalue weighted by atomic mass is 79.9. The largest absolute Gasteiger partial charge is 0.496 e. The lowest BCUT2D eigenvalue weighted by atomic mass is 10.0. The van der Waals surface area contributed by atoms with Gasteiger partial charge in [-0.1, -0.05) is 15.9 Å². The molecule has 0 aliphatic carbocycles. The van der Waals surface area contributed by atoms with Crippen LogP contribution in [0.5, 0.6) is 11.5 Å². The lowest BCUT2D eigenvalue weighted by molar-refractivity contribution is 0.103. The summed E-state index contributed by atoms with van der Waals surface area (Å²) in [5, 5.41) is 0. The van der Waals surface area contributed by atoms with E-state index in [0.29, 0.717) is 20.4 Å². The Balaban J connectivity index is 2.59. The van der Waals surface area contributed by atoms with Crippen molar-refractivity contribution in [2.45, 2.75) is 0 Å². The van der Waals surface area contributed by atoms with Crippen molar-refractivity contribution in [1.29, 1.82) is 0 Å². The SMILES string of the molecule is COc1cc(C(=O)c2cc(Br)ccc2F)c(OC)cc1Br. The van der Waals surface area contributed by atoms with Crippen LogP contribution in [0.2, 0.25) is 0 Å². The number of carbonyl (C=O) groups is 1. The molecule has 3 nitrogen and oxygen atoms in total. The van der Waals surface area contributed by atoms with E-state index in [-0.39, 0.29) is 11.1 Å². The Kier molecular flexibility index (Phi) is 5.00. The van der Waals surface area contributed by atoms with Crippen molar-refractivity contribution >= 4 is 37.6 Å². The Morgan fingerprint density at radius 2 is 1.67 bits per heavy atom. The number of carbonyl (C=O) groups excluding carboxylic acids is 1. The molecule has 0 heterocycles. The predicted molar refractivity (Wildman–Crippen MR) is 84.8 cm³/mol. The Morgan fingerprint density at radius 1 is 1.00 bits per heavy atom. The molecule has 0 unspecified atom stereocenters. The van der Waals surface area contributed by atoms with Crippen LogP contribution in [0.25, 0.3) is 0 Å². The minimum atomic E-state index is -0.591. The summed E-state index contributed by atoms with van der Waals surface area (Å²) in [6.45, 7) is 0. The van der Waals surface area contributed by atoms with Crippen molar-refractivity contribution in [2.24, 2.45) is 0 Å². The Morgan fingerprint density at radius 3 is 2.29 bits per heavy atom. The molecule has 0 aliphatic heterocycles. The standard InChI is InChI=1S/C15H11Br2FO3/c1-20-13-7-11(17)14(21-2)6-10(13)15(19)9-5-8(16)3-4-12(9)18/h3-7H,1-2H3. The number of hydrogen-bond donors (Lipinski definition) is 0. The van der Waals surface area contributed by atoms with E-state index >= 15 is 0 Å². The second-order valence-corrected chi connectivity index (χ2v) is 5.91. The molecule has 0 aromatic heterocycles. The average Bonchev–Trinajstić information content (AvgIpc) is 2.48. The summed E-state index contributed by atoms with van der Waals surface area (Å²) < 4.78 is 25.5. The highest BCUT2D eigenvalue weighted by Gasteiger charge is 2.20. The minimum absolute atomic E-state index is 0.0351. The van der Waals surface area contributed by atoms with Crippen LogP contribution >= 0.6 is 31.9 Å². The van der Waals surface area contributed by atoms with Gasteiger partial charge in [0, 0.05) is 4.47 Å². The molecule has 21 heavy (non-hydrogen) atoms. The van der Waals surface area contributed by atoms with Gasteiger partial charge in [-0.15, -0.1) is 0 Å². The molecule has 0 saturated carbocycles. The first-order chi connectivity index (χ1) is 9.97. The molecule has 2 aromatic carbocycles. The van der Waals surface area contributed by atoms with Gasteiger partial charge in [0.15, 0.2) is 5.78 Å². The van der Waals surface area contributed by atoms with Crippen molar-refractivity contribution in [2.75, 3.05) is 14.2 Å². The maximum Gasteiger partial charge on any atom is 0.199 e. The van der Waals surface area contributed by atoms with Gasteiger partial charge in [0.05, 0.1) is 29.8 Å². The molecule has 6 heteroatoms. The van der Waals surface area contributed by atoms with E-state index in [4.69, 9.17) is 9.47 Å². The zero-order valence-corrected chi connectivity index (χ0v) is 14.4. The molecule has 0 aliphatic rings. The highest BCUT2D eigenvalue weighted by Crippen LogP contribution is 2.34. The van der Waals surface area contributed by atoms with Gasteiger partial charge in [0.1, 0.15) is 17.3 Å². The summed E-state index contributed by atoms with van der Waals surface area (Å²) in [4.78, 5) is 12.6. The Labute approximate surface area is 138 Å². The molecule has 0 atom stereocenters. The molecule has 0 spiro atoms. The third-order valence-corrected chi connectivity index (χ3v) is 4.00. The van der Waals surface area contributed by atoms with Gasteiger partial charge in [0.25, 0.3) is 0 Å². The van der Waals surface area contributed by atoms with E-state index in [2.05, 4.69) is 31.9 Å². The average molecular weight is 418 g/mol. The molecule has 0 N–H and O–H groups in total. The summed E-state index contributed by atoms with van der Waals surface area (Å²) in [5.41, 5.74) is 0.196. The van der Waals surface area contributed by atoms with Crippen molar-refractivity contribution in [3.8, 4) is 11.5 Å². The van der Waals surface area contributed by atoms with Gasteiger partial charge in [-0.25, -0.2) is 4.39 Å². The van der Waals surface area contributed by atoms with Crippen LogP contribution in [0.4, 0.5) is 4.39 Å². The smallest absolute Gasteiger partial charge is 0.199 e. The summed E-state index contributed by atoms with van der Waals surface area (Å²) >= 11 is 6.55. The number of ketones is 1. The Hall–Kier alpha value is -1.40. The number of rotatable bonds is 4. The van der Waals surface area contributed by atoms with Gasteiger partial charge >= 0.3 is 0 Å². The first kappa shape index (κ1) is 16.0. The quantitative estimate of drug-likeness (QED) is 0.682. The monoisotopic (exact) mass is 416 g/mol. The van der Waals surface area contributed by atoms with E-state index in [9.17, 15) is 9.18 Å². The van der Waals surface area contributed by atoms with E-state index < -0.39 is 11.6 Å². The molecule has 0 radical (unpaired) electrons. The van der Waals surface area contributed by atoms with Gasteiger partial charge in [-0.3, -0.25) is 4.79 Å². The predicted octanol–water partition coefficient (Wildman–Crippen LogP) is 4.60. The fraction of sp³-hybridized carbons (Fsp3) is 0.133. The number of benzene rings is 2. The maximum absolute atomic E-state index is 13.9. The minimum Gasteiger partial charge on any atom is -0.496 e. The third kappa shape index (κ3) is 3.27. The normalized spacial score (nSPS) is 10.3. The van der Waals surface area contributed by atoms with Crippen LogP contribution in [-0.4, -0.2) is 20.0 Å². The number of halogens is 3. The second kappa shape index (κ2) is 6.58. The number of methoxy groups -OCH3 is 2. The Bertz CT molecular complexity index is 702. The first-order valence-corrected chi connectivity index (χ1v) is 7.47. The zero-order valence-electron chi connectivity index (χ0n) is 11.2. The van der Waals surface area contributed by atoms with Gasteiger partial charge in [0.2, 0.25) is 0 Å². The molecule has 2 aromatic rings. The second-order valence-electron chi connectivity index (χ2n) is 4.14. The van der Waals surface area contributed by atoms with E-state index in [0.717, 1.165) is 0 Å². The zero-order chi connectivity index (χ0) is 15.6. The number of ether oxygens (including phenoxy) is 2. The van der Waals surface area contributed by atoms with Crippen LogP contribution in [0.3, 0.4) is 0 Å². The molecule has 0 fully saturated rings. The third-order valence-electron chi connectivity index (χ3n) is 2.89. The van der Waals surface area contributed by atoms with Crippen LogP contribution in [-0.2, 0) is 0 Å². The molecule has 110 valence electrons. The van der Waals surface area contributed by atoms with Crippen LogP contribution in [0, 0.1) is 5.82 Å². The topological polar surface area (TPSA) is 35.5 Å². The summed E-state index contributed by atoms with van der Waals surface area (Å²) in [7, 11) is 2.93. The molecule has 0 amide bonds. The van der Waals surface area contributed by atoms with Crippen LogP contribution < -0.4 is 9.47 Å². The van der Waals surface area contributed by atoms with E-state index in [1.165, 1.54) is 38.5 Å². The molecule has 2 rings (SSSR count). The van der Waals surface area contributed by atoms with Gasteiger partial charge < -0.3 is 9.47 Å². The first-order valence-electron chi connectivity index (χ1n) is 5.89. The van der Waals surface area contributed by atoms with Crippen molar-refractivity contribution in [3.05, 3.63) is 56.2 Å². The molecule has 0 saturated heterocycles. The van der Waals surface area contributed by atoms with Crippen LogP contribution in [0.15, 0.2) is 39.3 Å². The summed E-state index contributed by atoms with van der Waals surface area (Å²) in [6, 6.07) is 7.34. The van der Waals surface area contributed by atoms with Crippen LogP contribution in [0.1, 0.15) is 15.9 Å². The highest BCUT2D eigenvalue weighted by molar-refractivity contribution is 9.10. The fourth-order valence-electron chi connectivity index (χ4n) is 1.85. The summed E-state index contributed by atoms with van der Waals surface area (Å²) in [5.74, 6) is -0.259. The molecule has 0 bridgehead atoms. The maximum atomic E-state index is 13.9. The van der Waals surface area contributed by atoms with Gasteiger partial charge in [-0.05, 0) is 46.3 Å². The molecular weight excluding hydrogens is 407 g/mol. The fourth-order valence-corrected chi connectivity index (χ4v) is 2.70. The number of hydrogen-bond acceptors (Lipinski definition) is 3. The summed E-state index contributed by atoms with van der Waals surface area (Å²) in [6.07, 6.45) is 0. The lowest BCUT2D eigenvalue weighted by Crippen LogP contribution is -2.07. The molecular formula is C15H11Br2FO3. The van der Waals surface area contributed by atoms with E-state index in [1.54, 1.807) is 6.07 Å². The van der Waals surface area contributed by atoms with E-state index in [1.807, 2.05) is 0 Å². The van der Waals surface area contributed by atoms with Crippen molar-refractivity contribution in [3.63, 3.8) is 0 Å². The van der Waals surface area contributed by atoms with Gasteiger partial charge in [-0.2, -0.15) is 0 Å². The van der Waals surface area contributed by atoms with Crippen molar-refractivity contribution in [1.82, 2.24) is 0 Å².